The van der Waals surface area contributed by atoms with E-state index in [9.17, 15) is 18.0 Å². The van der Waals surface area contributed by atoms with Crippen molar-refractivity contribution in [1.82, 2.24) is 4.90 Å². The second-order valence-electron chi connectivity index (χ2n) is 4.90. The van der Waals surface area contributed by atoms with Crippen LogP contribution in [0.2, 0.25) is 5.02 Å². The number of para-hydroxylation sites is 1. The number of benzene rings is 1. The number of halogens is 4. The van der Waals surface area contributed by atoms with Gasteiger partial charge < -0.3 is 10.6 Å². The fraction of sp³-hybridized carbons (Fsp3) is 0.462. The van der Waals surface area contributed by atoms with E-state index in [1.54, 1.807) is 13.8 Å². The smallest absolute Gasteiger partial charge is 0.397 e. The topological polar surface area (TPSA) is 46.3 Å². The molecule has 0 saturated heterocycles. The Morgan fingerprint density at radius 2 is 2.00 bits per heavy atom. The Kier molecular flexibility index (Phi) is 5.28. The third-order valence-electron chi connectivity index (χ3n) is 2.53. The van der Waals surface area contributed by atoms with Crippen molar-refractivity contribution in [3.63, 3.8) is 0 Å². The first kappa shape index (κ1) is 16.6. The molecule has 0 aliphatic rings. The molecule has 20 heavy (non-hydrogen) atoms. The van der Waals surface area contributed by atoms with Gasteiger partial charge in [0, 0.05) is 6.54 Å². The Morgan fingerprint density at radius 3 is 2.50 bits per heavy atom. The number of hydrogen-bond donors (Lipinski definition) is 1. The summed E-state index contributed by atoms with van der Waals surface area (Å²) in [5, 5.41) is 0.146. The van der Waals surface area contributed by atoms with Crippen molar-refractivity contribution in [3.8, 4) is 0 Å². The van der Waals surface area contributed by atoms with Gasteiger partial charge in [-0.2, -0.15) is 13.2 Å². The molecule has 1 amide bonds. The molecule has 0 atom stereocenters. The molecule has 1 aromatic rings. The molecule has 3 nitrogen and oxygen atoms in total. The number of amides is 1. The van der Waals surface area contributed by atoms with Gasteiger partial charge in [-0.25, -0.2) is 0 Å². The zero-order valence-corrected chi connectivity index (χ0v) is 11.9. The highest BCUT2D eigenvalue weighted by Gasteiger charge is 2.34. The second-order valence-corrected chi connectivity index (χ2v) is 5.30. The molecule has 0 spiro atoms. The first-order valence-electron chi connectivity index (χ1n) is 6.02. The number of rotatable bonds is 4. The summed E-state index contributed by atoms with van der Waals surface area (Å²) < 4.78 is 37.7. The third-order valence-corrected chi connectivity index (χ3v) is 2.86. The maximum absolute atomic E-state index is 12.6. The maximum atomic E-state index is 12.6. The average Bonchev–Trinajstić information content (AvgIpc) is 2.28. The Labute approximate surface area is 120 Å². The summed E-state index contributed by atoms with van der Waals surface area (Å²) in [6, 6.07) is 4.32. The molecule has 1 rings (SSSR count). The SMILES string of the molecule is CC(C)CN(CC(F)(F)F)C(=O)c1cccc(Cl)c1N. The van der Waals surface area contributed by atoms with Gasteiger partial charge in [0.05, 0.1) is 16.3 Å². The van der Waals surface area contributed by atoms with Crippen LogP contribution < -0.4 is 5.73 Å². The number of nitrogens with zero attached hydrogens (tertiary/aromatic N) is 1. The van der Waals surface area contributed by atoms with Crippen LogP contribution in [0, 0.1) is 5.92 Å². The van der Waals surface area contributed by atoms with Crippen molar-refractivity contribution >= 4 is 23.2 Å². The first-order valence-corrected chi connectivity index (χ1v) is 6.39. The summed E-state index contributed by atoms with van der Waals surface area (Å²) in [7, 11) is 0. The van der Waals surface area contributed by atoms with E-state index in [0.717, 1.165) is 4.90 Å². The highest BCUT2D eigenvalue weighted by Crippen LogP contribution is 2.25. The predicted octanol–water partition coefficient (Wildman–Crippen LogP) is 3.58. The molecular formula is C13H16ClF3N2O. The van der Waals surface area contributed by atoms with Gasteiger partial charge in [0.15, 0.2) is 0 Å². The van der Waals surface area contributed by atoms with Crippen LogP contribution >= 0.6 is 11.6 Å². The average molecular weight is 309 g/mol. The Bertz CT molecular complexity index is 489. The molecule has 0 fully saturated rings. The van der Waals surface area contributed by atoms with Gasteiger partial charge in [0.2, 0.25) is 0 Å². The Balaban J connectivity index is 3.06. The highest BCUT2D eigenvalue weighted by molar-refractivity contribution is 6.33. The summed E-state index contributed by atoms with van der Waals surface area (Å²) in [5.41, 5.74) is 5.64. The van der Waals surface area contributed by atoms with E-state index in [4.69, 9.17) is 17.3 Å². The van der Waals surface area contributed by atoms with Crippen molar-refractivity contribution in [2.75, 3.05) is 18.8 Å². The number of carbonyl (C=O) groups excluding carboxylic acids is 1. The summed E-state index contributed by atoms with van der Waals surface area (Å²) in [5.74, 6) is -0.863. The van der Waals surface area contributed by atoms with Gasteiger partial charge in [-0.15, -0.1) is 0 Å². The van der Waals surface area contributed by atoms with Crippen LogP contribution in [0.1, 0.15) is 24.2 Å². The van der Waals surface area contributed by atoms with Crippen LogP contribution in [0.15, 0.2) is 18.2 Å². The predicted molar refractivity (Wildman–Crippen MR) is 72.7 cm³/mol. The second kappa shape index (κ2) is 6.35. The minimum absolute atomic E-state index is 0.00454. The molecule has 1 aromatic carbocycles. The fourth-order valence-corrected chi connectivity index (χ4v) is 1.94. The molecule has 7 heteroatoms. The third kappa shape index (κ3) is 4.59. The lowest BCUT2D eigenvalue weighted by Gasteiger charge is -2.26. The van der Waals surface area contributed by atoms with E-state index in [2.05, 4.69) is 0 Å². The minimum atomic E-state index is -4.46. The van der Waals surface area contributed by atoms with Gasteiger partial charge in [-0.05, 0) is 18.1 Å². The lowest BCUT2D eigenvalue weighted by atomic mass is 10.1. The van der Waals surface area contributed by atoms with E-state index in [-0.39, 0.29) is 28.7 Å². The maximum Gasteiger partial charge on any atom is 0.406 e. The van der Waals surface area contributed by atoms with Gasteiger partial charge in [0.1, 0.15) is 6.54 Å². The summed E-state index contributed by atoms with van der Waals surface area (Å²) in [6.45, 7) is 2.15. The standard InChI is InChI=1S/C13H16ClF3N2O/c1-8(2)6-19(7-13(15,16)17)12(20)9-4-3-5-10(14)11(9)18/h3-5,8H,6-7,18H2,1-2H3. The molecule has 0 saturated carbocycles. The quantitative estimate of drug-likeness (QED) is 0.864. The molecule has 0 unspecified atom stereocenters. The monoisotopic (exact) mass is 308 g/mol. The van der Waals surface area contributed by atoms with Gasteiger partial charge in [0.25, 0.3) is 5.91 Å². The summed E-state index contributed by atoms with van der Waals surface area (Å²) in [6.07, 6.45) is -4.46. The molecule has 112 valence electrons. The summed E-state index contributed by atoms with van der Waals surface area (Å²) in [4.78, 5) is 13.0. The molecular weight excluding hydrogens is 293 g/mol. The molecule has 0 heterocycles. The van der Waals surface area contributed by atoms with Crippen molar-refractivity contribution in [2.45, 2.75) is 20.0 Å². The van der Waals surface area contributed by atoms with Gasteiger partial charge in [-0.3, -0.25) is 4.79 Å². The van der Waals surface area contributed by atoms with Crippen LogP contribution in [0.4, 0.5) is 18.9 Å². The van der Waals surface area contributed by atoms with Crippen molar-refractivity contribution in [3.05, 3.63) is 28.8 Å². The number of hydrogen-bond acceptors (Lipinski definition) is 2. The molecule has 0 radical (unpaired) electrons. The van der Waals surface area contributed by atoms with Crippen molar-refractivity contribution in [1.29, 1.82) is 0 Å². The van der Waals surface area contributed by atoms with E-state index >= 15 is 0 Å². The molecule has 0 aliphatic carbocycles. The van der Waals surface area contributed by atoms with Crippen molar-refractivity contribution < 1.29 is 18.0 Å². The van der Waals surface area contributed by atoms with Gasteiger partial charge >= 0.3 is 6.18 Å². The van der Waals surface area contributed by atoms with Crippen LogP contribution in [-0.4, -0.2) is 30.1 Å². The zero-order chi connectivity index (χ0) is 15.5. The van der Waals surface area contributed by atoms with Crippen molar-refractivity contribution in [2.24, 2.45) is 5.92 Å². The largest absolute Gasteiger partial charge is 0.406 e. The summed E-state index contributed by atoms with van der Waals surface area (Å²) >= 11 is 5.78. The van der Waals surface area contributed by atoms with Crippen LogP contribution in [-0.2, 0) is 0 Å². The lowest BCUT2D eigenvalue weighted by Crippen LogP contribution is -2.41. The molecule has 2 N–H and O–H groups in total. The Hall–Kier alpha value is -1.43. The molecule has 0 aromatic heterocycles. The lowest BCUT2D eigenvalue weighted by molar-refractivity contribution is -0.141. The number of anilines is 1. The van der Waals surface area contributed by atoms with Crippen LogP contribution in [0.25, 0.3) is 0 Å². The number of alkyl halides is 3. The van der Waals surface area contributed by atoms with Gasteiger partial charge in [-0.1, -0.05) is 31.5 Å². The molecule has 0 bridgehead atoms. The van der Waals surface area contributed by atoms with E-state index < -0.39 is 18.6 Å². The number of nitrogen functional groups attached to an aromatic ring is 1. The number of carbonyl (C=O) groups is 1. The zero-order valence-electron chi connectivity index (χ0n) is 11.2. The highest BCUT2D eigenvalue weighted by atomic mass is 35.5. The van der Waals surface area contributed by atoms with Crippen LogP contribution in [0.3, 0.4) is 0 Å². The fourth-order valence-electron chi connectivity index (χ4n) is 1.77. The first-order chi connectivity index (χ1) is 9.11. The Morgan fingerprint density at radius 1 is 1.40 bits per heavy atom. The normalized spacial score (nSPS) is 11.8. The number of nitrogens with two attached hydrogens (primary N) is 1. The molecule has 0 aliphatic heterocycles. The van der Waals surface area contributed by atoms with E-state index in [1.165, 1.54) is 18.2 Å². The van der Waals surface area contributed by atoms with Crippen LogP contribution in [0.5, 0.6) is 0 Å². The minimum Gasteiger partial charge on any atom is -0.397 e. The van der Waals surface area contributed by atoms with E-state index in [1.807, 2.05) is 0 Å². The van der Waals surface area contributed by atoms with E-state index in [0.29, 0.717) is 0 Å².